The van der Waals surface area contributed by atoms with E-state index < -0.39 is 0 Å². The predicted octanol–water partition coefficient (Wildman–Crippen LogP) is 14.3. The molecule has 8 aliphatic rings. The van der Waals surface area contributed by atoms with E-state index >= 15 is 0 Å². The molecule has 8 saturated carbocycles. The summed E-state index contributed by atoms with van der Waals surface area (Å²) < 4.78 is 0. The number of hydrogen-bond donors (Lipinski definition) is 0. The Morgan fingerprint density at radius 3 is 1.67 bits per heavy atom. The summed E-state index contributed by atoms with van der Waals surface area (Å²) in [5.41, 5.74) is 1.69. The highest BCUT2D eigenvalue weighted by molar-refractivity contribution is 5.19. The SMILES string of the molecule is CCC(C)(CC)C1CC(C(C)(CC)CC)CC2(C1)C1CC(C(C)C)C3CCCCC3C1C1C3CC4C5CCCCC5CCC4C3CCC12. The summed E-state index contributed by atoms with van der Waals surface area (Å²) in [6.07, 6.45) is 32.8. The van der Waals surface area contributed by atoms with E-state index in [1.165, 1.54) is 25.7 Å². The van der Waals surface area contributed by atoms with Gasteiger partial charge < -0.3 is 0 Å². The molecule has 0 heterocycles. The van der Waals surface area contributed by atoms with Gasteiger partial charge in [-0.3, -0.25) is 0 Å². The summed E-state index contributed by atoms with van der Waals surface area (Å²) >= 11 is 0. The molecule has 0 aromatic rings. The monoisotopic (exact) mass is 659 g/mol. The Kier molecular flexibility index (Phi) is 9.60. The number of hydrogen-bond acceptors (Lipinski definition) is 0. The fourth-order valence-corrected chi connectivity index (χ4v) is 17.9. The minimum atomic E-state index is 0.524. The van der Waals surface area contributed by atoms with Crippen LogP contribution in [0.5, 0.6) is 0 Å². The third-order valence-electron chi connectivity index (χ3n) is 21.1. The van der Waals surface area contributed by atoms with Gasteiger partial charge in [-0.2, -0.15) is 0 Å². The first-order chi connectivity index (χ1) is 23.1. The molecule has 0 aromatic heterocycles. The predicted molar refractivity (Wildman–Crippen MR) is 205 cm³/mol. The average molecular weight is 659 g/mol. The van der Waals surface area contributed by atoms with Crippen molar-refractivity contribution in [1.29, 1.82) is 0 Å². The van der Waals surface area contributed by atoms with Crippen LogP contribution in [0.1, 0.15) is 190 Å². The summed E-state index contributed by atoms with van der Waals surface area (Å²) in [5, 5.41) is 0. The zero-order valence-corrected chi connectivity index (χ0v) is 33.6. The number of fused-ring (bicyclic) bond motifs is 13. The van der Waals surface area contributed by atoms with Crippen LogP contribution in [0.3, 0.4) is 0 Å². The lowest BCUT2D eigenvalue weighted by Gasteiger charge is -2.59. The Bertz CT molecular complexity index is 1080. The molecule has 0 aliphatic heterocycles. The molecular weight excluding hydrogens is 577 g/mol. The van der Waals surface area contributed by atoms with E-state index in [9.17, 15) is 0 Å². The normalized spacial score (nSPS) is 50.3. The Balaban J connectivity index is 1.24. The van der Waals surface area contributed by atoms with Crippen LogP contribution >= 0.6 is 0 Å². The van der Waals surface area contributed by atoms with E-state index in [4.69, 9.17) is 0 Å². The molecule has 1 spiro atoms. The molecule has 0 saturated heterocycles. The van der Waals surface area contributed by atoms with Crippen molar-refractivity contribution in [2.24, 2.45) is 111 Å². The zero-order chi connectivity index (χ0) is 33.6. The first-order valence-corrected chi connectivity index (χ1v) is 23.1. The maximum absolute atomic E-state index is 2.76. The van der Waals surface area contributed by atoms with Crippen LogP contribution in [-0.2, 0) is 0 Å². The van der Waals surface area contributed by atoms with Crippen LogP contribution < -0.4 is 0 Å². The van der Waals surface area contributed by atoms with Crippen LogP contribution in [0.2, 0.25) is 0 Å². The lowest BCUT2D eigenvalue weighted by Crippen LogP contribution is -2.51. The van der Waals surface area contributed by atoms with Gasteiger partial charge in [0.1, 0.15) is 0 Å². The van der Waals surface area contributed by atoms with Gasteiger partial charge in [0.15, 0.2) is 0 Å². The van der Waals surface area contributed by atoms with Gasteiger partial charge in [0.25, 0.3) is 0 Å². The molecule has 0 aromatic carbocycles. The highest BCUT2D eigenvalue weighted by atomic mass is 14.8. The van der Waals surface area contributed by atoms with Crippen molar-refractivity contribution in [2.45, 2.75) is 190 Å². The fourth-order valence-electron chi connectivity index (χ4n) is 17.9. The molecular formula is C48H82. The fraction of sp³-hybridized carbons (Fsp3) is 1.00. The van der Waals surface area contributed by atoms with Gasteiger partial charge >= 0.3 is 0 Å². The van der Waals surface area contributed by atoms with Crippen LogP contribution in [0.4, 0.5) is 0 Å². The van der Waals surface area contributed by atoms with Crippen LogP contribution in [-0.4, -0.2) is 0 Å². The maximum atomic E-state index is 2.76. The Morgan fingerprint density at radius 1 is 0.500 bits per heavy atom. The summed E-state index contributed by atoms with van der Waals surface area (Å²) in [6, 6.07) is 0. The van der Waals surface area contributed by atoms with Crippen LogP contribution in [0.15, 0.2) is 0 Å². The smallest absolute Gasteiger partial charge is 0.0229 e. The van der Waals surface area contributed by atoms with Gasteiger partial charge in [0, 0.05) is 0 Å². The van der Waals surface area contributed by atoms with Crippen molar-refractivity contribution in [3.05, 3.63) is 0 Å². The molecule has 0 radical (unpaired) electrons. The van der Waals surface area contributed by atoms with Gasteiger partial charge in [-0.25, -0.2) is 0 Å². The molecule has 0 amide bonds. The Labute approximate surface area is 300 Å². The van der Waals surface area contributed by atoms with Gasteiger partial charge in [-0.1, -0.05) is 113 Å². The number of rotatable bonds is 7. The Hall–Kier alpha value is 0. The first-order valence-electron chi connectivity index (χ1n) is 23.1. The van der Waals surface area contributed by atoms with Gasteiger partial charge in [0.2, 0.25) is 0 Å². The van der Waals surface area contributed by atoms with E-state index in [0.29, 0.717) is 16.2 Å². The van der Waals surface area contributed by atoms with Crippen LogP contribution in [0, 0.1) is 111 Å². The standard InChI is InChI=1S/C48H82/c1-9-46(7,10-2)32-25-33(47(8,11-3)12-4)29-48(28-32)42-24-23-37-36-22-21-31-17-13-14-18-34(31)40(36)26-41(37)45(42)44-38-20-16-15-19-35(38)39(30(5)6)27-43(44)48/h30-45H,9-29H2,1-8H3. The highest BCUT2D eigenvalue weighted by Crippen LogP contribution is 2.77. The minimum Gasteiger partial charge on any atom is -0.0649 e. The summed E-state index contributed by atoms with van der Waals surface area (Å²) in [7, 11) is 0. The second-order valence-electron chi connectivity index (χ2n) is 21.9. The van der Waals surface area contributed by atoms with Crippen molar-refractivity contribution >= 4 is 0 Å². The van der Waals surface area contributed by atoms with Gasteiger partial charge in [0.05, 0.1) is 0 Å². The van der Waals surface area contributed by atoms with Crippen molar-refractivity contribution in [3.8, 4) is 0 Å². The van der Waals surface area contributed by atoms with Gasteiger partial charge in [-0.15, -0.1) is 0 Å². The molecule has 0 heteroatoms. The van der Waals surface area contributed by atoms with E-state index in [2.05, 4.69) is 55.4 Å². The van der Waals surface area contributed by atoms with Crippen molar-refractivity contribution in [2.75, 3.05) is 0 Å². The van der Waals surface area contributed by atoms with E-state index in [0.717, 1.165) is 94.7 Å². The lowest BCUT2D eigenvalue weighted by molar-refractivity contribution is -0.102. The highest BCUT2D eigenvalue weighted by Gasteiger charge is 2.71. The van der Waals surface area contributed by atoms with Crippen molar-refractivity contribution < 1.29 is 0 Å². The van der Waals surface area contributed by atoms with Gasteiger partial charge in [-0.05, 0) is 188 Å². The van der Waals surface area contributed by atoms with Crippen molar-refractivity contribution in [3.63, 3.8) is 0 Å². The molecule has 0 bridgehead atoms. The second-order valence-corrected chi connectivity index (χ2v) is 21.9. The van der Waals surface area contributed by atoms with Crippen molar-refractivity contribution in [1.82, 2.24) is 0 Å². The average Bonchev–Trinajstić information content (AvgIpc) is 3.64. The molecule has 15 unspecified atom stereocenters. The van der Waals surface area contributed by atoms with E-state index in [1.54, 1.807) is 109 Å². The molecule has 48 heavy (non-hydrogen) atoms. The molecule has 8 rings (SSSR count). The summed E-state index contributed by atoms with van der Waals surface area (Å²) in [5.74, 6) is 16.9. The topological polar surface area (TPSA) is 0 Å². The molecule has 15 atom stereocenters. The Morgan fingerprint density at radius 2 is 1.04 bits per heavy atom. The molecule has 0 N–H and O–H groups in total. The minimum absolute atomic E-state index is 0.524. The van der Waals surface area contributed by atoms with Crippen LogP contribution in [0.25, 0.3) is 0 Å². The largest absolute Gasteiger partial charge is 0.0649 e. The first kappa shape index (κ1) is 35.1. The molecule has 8 aliphatic carbocycles. The lowest BCUT2D eigenvalue weighted by atomic mass is 9.45. The summed E-state index contributed by atoms with van der Waals surface area (Å²) in [4.78, 5) is 0. The van der Waals surface area contributed by atoms with E-state index in [1.807, 2.05) is 0 Å². The molecule has 274 valence electrons. The zero-order valence-electron chi connectivity index (χ0n) is 33.6. The second kappa shape index (κ2) is 13.1. The summed E-state index contributed by atoms with van der Waals surface area (Å²) in [6.45, 7) is 21.1. The van der Waals surface area contributed by atoms with E-state index in [-0.39, 0.29) is 0 Å². The third kappa shape index (κ3) is 5.19. The quantitative estimate of drug-likeness (QED) is 0.255. The molecule has 0 nitrogen and oxygen atoms in total. The maximum Gasteiger partial charge on any atom is -0.0229 e. The third-order valence-corrected chi connectivity index (χ3v) is 21.1. The molecule has 8 fully saturated rings.